The Labute approximate surface area is 119 Å². The molecule has 2 N–H and O–H groups in total. The second kappa shape index (κ2) is 5.65. The molecule has 0 radical (unpaired) electrons. The number of rotatable bonds is 5. The molecule has 0 unspecified atom stereocenters. The van der Waals surface area contributed by atoms with Crippen molar-refractivity contribution < 1.29 is 14.7 Å². The number of hydrogen-bond donors (Lipinski definition) is 2. The summed E-state index contributed by atoms with van der Waals surface area (Å²) < 4.78 is 0. The van der Waals surface area contributed by atoms with Gasteiger partial charge >= 0.3 is 5.97 Å². The highest BCUT2D eigenvalue weighted by Gasteiger charge is 2.22. The van der Waals surface area contributed by atoms with E-state index in [1.165, 1.54) is 0 Å². The Morgan fingerprint density at radius 2 is 2.15 bits per heavy atom. The molecule has 4 nitrogen and oxygen atoms in total. The van der Waals surface area contributed by atoms with Crippen molar-refractivity contribution in [2.45, 2.75) is 39.5 Å². The normalized spacial score (nSPS) is 14.6. The highest BCUT2D eigenvalue weighted by molar-refractivity contribution is 5.96. The molecule has 0 saturated carbocycles. The number of benzene rings is 1. The summed E-state index contributed by atoms with van der Waals surface area (Å²) in [6, 6.07) is 6.02. The van der Waals surface area contributed by atoms with Crippen LogP contribution in [-0.4, -0.2) is 23.5 Å². The molecule has 0 aromatic heterocycles. The minimum atomic E-state index is -0.764. The average molecular weight is 275 g/mol. The van der Waals surface area contributed by atoms with E-state index in [0.717, 1.165) is 36.0 Å². The molecule has 108 valence electrons. The van der Waals surface area contributed by atoms with Gasteiger partial charge in [-0.2, -0.15) is 0 Å². The van der Waals surface area contributed by atoms with Crippen LogP contribution in [0.5, 0.6) is 0 Å². The first-order valence-corrected chi connectivity index (χ1v) is 6.99. The van der Waals surface area contributed by atoms with Crippen molar-refractivity contribution in [3.8, 4) is 0 Å². The minimum absolute atomic E-state index is 0.00195. The summed E-state index contributed by atoms with van der Waals surface area (Å²) in [6.45, 7) is 4.63. The Kier molecular flexibility index (Phi) is 4.12. The van der Waals surface area contributed by atoms with Crippen molar-refractivity contribution in [2.24, 2.45) is 5.41 Å². The third-order valence-corrected chi connectivity index (χ3v) is 3.82. The summed E-state index contributed by atoms with van der Waals surface area (Å²) in [5.74, 6) is -0.766. The lowest BCUT2D eigenvalue weighted by atomic mass is 9.83. The van der Waals surface area contributed by atoms with Gasteiger partial charge in [-0.15, -0.1) is 0 Å². The summed E-state index contributed by atoms with van der Waals surface area (Å²) in [5, 5.41) is 11.7. The number of amides is 1. The molecule has 0 atom stereocenters. The third-order valence-electron chi connectivity index (χ3n) is 3.82. The maximum Gasteiger partial charge on any atom is 0.303 e. The summed E-state index contributed by atoms with van der Waals surface area (Å²) >= 11 is 0. The molecule has 0 saturated heterocycles. The number of nitrogens with one attached hydrogen (secondary N) is 1. The van der Waals surface area contributed by atoms with E-state index in [0.29, 0.717) is 6.54 Å². The number of hydrogen-bond acceptors (Lipinski definition) is 2. The molecule has 1 heterocycles. The van der Waals surface area contributed by atoms with Crippen molar-refractivity contribution in [1.29, 1.82) is 0 Å². The van der Waals surface area contributed by atoms with Gasteiger partial charge in [-0.1, -0.05) is 26.0 Å². The molecule has 0 spiro atoms. The molecule has 1 amide bonds. The first-order chi connectivity index (χ1) is 9.37. The zero-order valence-electron chi connectivity index (χ0n) is 12.0. The maximum absolute atomic E-state index is 11.8. The minimum Gasteiger partial charge on any atom is -0.481 e. The maximum atomic E-state index is 11.8. The van der Waals surface area contributed by atoms with Gasteiger partial charge in [0.1, 0.15) is 0 Å². The predicted molar refractivity (Wildman–Crippen MR) is 76.8 cm³/mol. The fourth-order valence-electron chi connectivity index (χ4n) is 2.59. The van der Waals surface area contributed by atoms with Crippen LogP contribution in [0.1, 0.15) is 48.2 Å². The van der Waals surface area contributed by atoms with Gasteiger partial charge in [0, 0.05) is 12.1 Å². The number of carboxylic acids is 1. The van der Waals surface area contributed by atoms with Crippen LogP contribution >= 0.6 is 0 Å². The molecular weight excluding hydrogens is 254 g/mol. The third kappa shape index (κ3) is 3.59. The number of aryl methyl sites for hydroxylation is 1. The number of carbonyl (C=O) groups excluding carboxylic acids is 1. The van der Waals surface area contributed by atoms with Crippen molar-refractivity contribution in [3.05, 3.63) is 34.9 Å². The smallest absolute Gasteiger partial charge is 0.303 e. The molecule has 1 aromatic carbocycles. The van der Waals surface area contributed by atoms with E-state index in [9.17, 15) is 9.59 Å². The van der Waals surface area contributed by atoms with Crippen molar-refractivity contribution in [3.63, 3.8) is 0 Å². The zero-order valence-corrected chi connectivity index (χ0v) is 12.0. The summed E-state index contributed by atoms with van der Waals surface area (Å²) in [7, 11) is 0. The van der Waals surface area contributed by atoms with Crippen LogP contribution in [0.25, 0.3) is 0 Å². The zero-order chi connectivity index (χ0) is 14.8. The van der Waals surface area contributed by atoms with E-state index in [2.05, 4.69) is 5.32 Å². The second-order valence-electron chi connectivity index (χ2n) is 6.23. The molecular formula is C16H21NO3. The lowest BCUT2D eigenvalue weighted by Crippen LogP contribution is -2.31. The quantitative estimate of drug-likeness (QED) is 0.867. The van der Waals surface area contributed by atoms with Crippen LogP contribution in [0.15, 0.2) is 18.2 Å². The van der Waals surface area contributed by atoms with Crippen LogP contribution in [0.4, 0.5) is 0 Å². The van der Waals surface area contributed by atoms with Gasteiger partial charge in [0.2, 0.25) is 0 Å². The fourth-order valence-corrected chi connectivity index (χ4v) is 2.59. The SMILES string of the molecule is CC(C)(CCc1ccc2c(c1)C(=O)NCC2)CC(=O)O. The van der Waals surface area contributed by atoms with Gasteiger partial charge in [-0.25, -0.2) is 0 Å². The largest absolute Gasteiger partial charge is 0.481 e. The predicted octanol–water partition coefficient (Wildman–Crippen LogP) is 2.41. The van der Waals surface area contributed by atoms with E-state index in [1.54, 1.807) is 0 Å². The van der Waals surface area contributed by atoms with Crippen LogP contribution in [0.3, 0.4) is 0 Å². The molecule has 4 heteroatoms. The molecule has 20 heavy (non-hydrogen) atoms. The Hall–Kier alpha value is -1.84. The molecule has 0 fully saturated rings. The van der Waals surface area contributed by atoms with Crippen molar-refractivity contribution in [1.82, 2.24) is 5.32 Å². The van der Waals surface area contributed by atoms with Crippen LogP contribution in [0, 0.1) is 5.41 Å². The standard InChI is InChI=1S/C16H21NO3/c1-16(2,10-14(18)19)7-5-11-3-4-12-6-8-17-15(20)13(12)9-11/h3-4,9H,5-8,10H2,1-2H3,(H,17,20)(H,18,19). The summed E-state index contributed by atoms with van der Waals surface area (Å²) in [4.78, 5) is 22.6. The fraction of sp³-hybridized carbons (Fsp3) is 0.500. The summed E-state index contributed by atoms with van der Waals surface area (Å²) in [6.07, 6.45) is 2.63. The topological polar surface area (TPSA) is 66.4 Å². The molecule has 0 aliphatic carbocycles. The van der Waals surface area contributed by atoms with Crippen molar-refractivity contribution in [2.75, 3.05) is 6.54 Å². The Morgan fingerprint density at radius 1 is 1.40 bits per heavy atom. The first kappa shape index (κ1) is 14.6. The second-order valence-corrected chi connectivity index (χ2v) is 6.23. The van der Waals surface area contributed by atoms with Gasteiger partial charge in [0.15, 0.2) is 0 Å². The number of aliphatic carboxylic acids is 1. The van der Waals surface area contributed by atoms with Gasteiger partial charge in [-0.3, -0.25) is 9.59 Å². The highest BCUT2D eigenvalue weighted by atomic mass is 16.4. The van der Waals surface area contributed by atoms with Crippen LogP contribution in [-0.2, 0) is 17.6 Å². The van der Waals surface area contributed by atoms with E-state index in [1.807, 2.05) is 32.0 Å². The van der Waals surface area contributed by atoms with Gasteiger partial charge in [0.25, 0.3) is 5.91 Å². The van der Waals surface area contributed by atoms with E-state index in [-0.39, 0.29) is 17.7 Å². The molecule has 0 bridgehead atoms. The highest BCUT2D eigenvalue weighted by Crippen LogP contribution is 2.27. The lowest BCUT2D eigenvalue weighted by Gasteiger charge is -2.23. The van der Waals surface area contributed by atoms with E-state index in [4.69, 9.17) is 5.11 Å². The first-order valence-electron chi connectivity index (χ1n) is 6.99. The van der Waals surface area contributed by atoms with Gasteiger partial charge in [-0.05, 0) is 41.9 Å². The number of fused-ring (bicyclic) bond motifs is 1. The molecule has 2 rings (SSSR count). The number of carbonyl (C=O) groups is 2. The van der Waals surface area contributed by atoms with E-state index >= 15 is 0 Å². The molecule has 1 aliphatic heterocycles. The summed E-state index contributed by atoms with van der Waals surface area (Å²) in [5.41, 5.74) is 2.73. The molecule has 1 aliphatic rings. The van der Waals surface area contributed by atoms with E-state index < -0.39 is 5.97 Å². The monoisotopic (exact) mass is 275 g/mol. The Balaban J connectivity index is 2.06. The van der Waals surface area contributed by atoms with Crippen LogP contribution < -0.4 is 5.32 Å². The molecule has 1 aromatic rings. The van der Waals surface area contributed by atoms with Crippen molar-refractivity contribution >= 4 is 11.9 Å². The van der Waals surface area contributed by atoms with Crippen LogP contribution in [0.2, 0.25) is 0 Å². The number of carboxylic acid groups (broad SMARTS) is 1. The van der Waals surface area contributed by atoms with Gasteiger partial charge < -0.3 is 10.4 Å². The Bertz CT molecular complexity index is 535. The van der Waals surface area contributed by atoms with Gasteiger partial charge in [0.05, 0.1) is 6.42 Å². The average Bonchev–Trinajstić information content (AvgIpc) is 2.36. The Morgan fingerprint density at radius 3 is 2.85 bits per heavy atom. The lowest BCUT2D eigenvalue weighted by molar-refractivity contribution is -0.139.